The Balaban J connectivity index is 1.87. The second-order valence-corrected chi connectivity index (χ2v) is 6.64. The largest absolute Gasteiger partial charge is 0.472 e. The fraction of sp³-hybridized carbons (Fsp3) is 0.273. The molecule has 29 heavy (non-hydrogen) atoms. The predicted molar refractivity (Wildman–Crippen MR) is 106 cm³/mol. The number of hydrogen-bond donors (Lipinski definition) is 0. The second kappa shape index (κ2) is 8.94. The summed E-state index contributed by atoms with van der Waals surface area (Å²) in [5, 5.41) is 0. The Hall–Kier alpha value is -3.09. The van der Waals surface area contributed by atoms with Gasteiger partial charge in [-0.2, -0.15) is 18.2 Å². The van der Waals surface area contributed by atoms with Crippen molar-refractivity contribution in [2.75, 3.05) is 11.9 Å². The van der Waals surface area contributed by atoms with Crippen LogP contribution in [0.2, 0.25) is 0 Å². The Bertz CT molecular complexity index is 928. The Kier molecular flexibility index (Phi) is 6.36. The Morgan fingerprint density at radius 3 is 2.28 bits per heavy atom. The summed E-state index contributed by atoms with van der Waals surface area (Å²) in [6, 6.07) is 16.8. The Labute approximate surface area is 168 Å². The molecule has 0 N–H and O–H groups in total. The molecule has 0 radical (unpaired) electrons. The first-order valence-electron chi connectivity index (χ1n) is 9.32. The van der Waals surface area contributed by atoms with Gasteiger partial charge in [-0.25, -0.2) is 4.98 Å². The molecule has 0 bridgehead atoms. The minimum Gasteiger partial charge on any atom is -0.472 e. The number of halogens is 3. The summed E-state index contributed by atoms with van der Waals surface area (Å²) in [4.78, 5) is 9.60. The number of ether oxygens (including phenoxy) is 1. The van der Waals surface area contributed by atoms with E-state index in [-0.39, 0.29) is 12.6 Å². The van der Waals surface area contributed by atoms with E-state index >= 15 is 0 Å². The van der Waals surface area contributed by atoms with Crippen LogP contribution in [0.1, 0.15) is 30.0 Å². The van der Waals surface area contributed by atoms with E-state index in [2.05, 4.69) is 16.9 Å². The number of nitrogens with zero attached hydrogens (tertiary/aromatic N) is 3. The highest BCUT2D eigenvalue weighted by Crippen LogP contribution is 2.36. The number of aromatic nitrogens is 2. The van der Waals surface area contributed by atoms with Crippen LogP contribution in [-0.4, -0.2) is 17.0 Å². The number of anilines is 2. The van der Waals surface area contributed by atoms with Crippen LogP contribution in [0, 0.1) is 0 Å². The molecule has 0 fully saturated rings. The van der Waals surface area contributed by atoms with E-state index in [9.17, 15) is 13.2 Å². The molecular weight excluding hydrogens is 379 g/mol. The van der Waals surface area contributed by atoms with E-state index in [0.717, 1.165) is 30.3 Å². The zero-order chi connectivity index (χ0) is 20.9. The summed E-state index contributed by atoms with van der Waals surface area (Å²) in [6.07, 6.45) is -1.83. The summed E-state index contributed by atoms with van der Waals surface area (Å²) in [7, 11) is 1.71. The van der Waals surface area contributed by atoms with Crippen molar-refractivity contribution in [1.82, 2.24) is 9.97 Å². The van der Waals surface area contributed by atoms with Crippen LogP contribution in [0.5, 0.6) is 5.88 Å². The molecule has 1 aromatic heterocycles. The van der Waals surface area contributed by atoms with E-state index in [4.69, 9.17) is 4.74 Å². The molecule has 7 heteroatoms. The van der Waals surface area contributed by atoms with Crippen molar-refractivity contribution in [1.29, 1.82) is 0 Å². The van der Waals surface area contributed by atoms with Crippen LogP contribution in [0.3, 0.4) is 0 Å². The summed E-state index contributed by atoms with van der Waals surface area (Å²) in [5.74, 6) is -0.356. The van der Waals surface area contributed by atoms with E-state index in [1.54, 1.807) is 36.2 Å². The molecule has 152 valence electrons. The highest BCUT2D eigenvalue weighted by Gasteiger charge is 2.36. The Morgan fingerprint density at radius 2 is 1.66 bits per heavy atom. The van der Waals surface area contributed by atoms with Gasteiger partial charge in [0.15, 0.2) is 0 Å². The third-order valence-electron chi connectivity index (χ3n) is 4.43. The zero-order valence-corrected chi connectivity index (χ0v) is 16.3. The maximum Gasteiger partial charge on any atom is 0.423 e. The molecule has 0 aliphatic rings. The van der Waals surface area contributed by atoms with Crippen LogP contribution in [-0.2, 0) is 19.2 Å². The molecule has 4 nitrogen and oxygen atoms in total. The average molecular weight is 401 g/mol. The fourth-order valence-corrected chi connectivity index (χ4v) is 2.84. The van der Waals surface area contributed by atoms with Crippen molar-refractivity contribution in [2.24, 2.45) is 0 Å². The van der Waals surface area contributed by atoms with Gasteiger partial charge in [0, 0.05) is 18.9 Å². The van der Waals surface area contributed by atoms with Gasteiger partial charge in [0.25, 0.3) is 0 Å². The quantitative estimate of drug-likeness (QED) is 0.502. The van der Waals surface area contributed by atoms with Crippen LogP contribution < -0.4 is 9.64 Å². The van der Waals surface area contributed by atoms with E-state index in [1.807, 2.05) is 30.3 Å². The molecule has 0 aliphatic heterocycles. The molecule has 0 amide bonds. The van der Waals surface area contributed by atoms with Crippen molar-refractivity contribution in [2.45, 2.75) is 32.5 Å². The summed E-state index contributed by atoms with van der Waals surface area (Å²) in [6.45, 7) is 2.09. The normalized spacial score (nSPS) is 11.3. The predicted octanol–water partition coefficient (Wildman–Crippen LogP) is 5.79. The number of aryl methyl sites for hydroxylation is 1. The molecular formula is C22H22F3N3O. The lowest BCUT2D eigenvalue weighted by Gasteiger charge is -2.20. The number of hydrogen-bond acceptors (Lipinski definition) is 4. The first kappa shape index (κ1) is 20.6. The highest BCUT2D eigenvalue weighted by atomic mass is 19.4. The standard InChI is InChI=1S/C22H22F3N3O/c1-3-7-16-10-12-18(13-11-16)28(2)21-26-14-19(22(23,24)25)20(27-21)29-15-17-8-5-4-6-9-17/h4-6,8-14H,3,7,15H2,1-2H3. The van der Waals surface area contributed by atoms with Crippen LogP contribution in [0.25, 0.3) is 0 Å². The van der Waals surface area contributed by atoms with E-state index < -0.39 is 17.6 Å². The van der Waals surface area contributed by atoms with Gasteiger partial charge in [-0.05, 0) is 29.7 Å². The highest BCUT2D eigenvalue weighted by molar-refractivity contribution is 5.57. The van der Waals surface area contributed by atoms with Crippen molar-refractivity contribution in [3.05, 3.63) is 77.5 Å². The maximum atomic E-state index is 13.4. The van der Waals surface area contributed by atoms with Crippen molar-refractivity contribution in [3.63, 3.8) is 0 Å². The monoisotopic (exact) mass is 401 g/mol. The van der Waals surface area contributed by atoms with E-state index in [0.29, 0.717) is 0 Å². The zero-order valence-electron chi connectivity index (χ0n) is 16.3. The third kappa shape index (κ3) is 5.25. The Morgan fingerprint density at radius 1 is 0.966 bits per heavy atom. The minimum atomic E-state index is -4.61. The molecule has 1 heterocycles. The number of rotatable bonds is 7. The molecule has 3 aromatic rings. The van der Waals surface area contributed by atoms with Crippen LogP contribution in [0.15, 0.2) is 60.8 Å². The van der Waals surface area contributed by atoms with Crippen molar-refractivity contribution >= 4 is 11.6 Å². The summed E-state index contributed by atoms with van der Waals surface area (Å²) >= 11 is 0. The fourth-order valence-electron chi connectivity index (χ4n) is 2.84. The van der Waals surface area contributed by atoms with Gasteiger partial charge in [-0.1, -0.05) is 55.8 Å². The summed E-state index contributed by atoms with van der Waals surface area (Å²) in [5.41, 5.74) is 1.73. The topological polar surface area (TPSA) is 38.2 Å². The van der Waals surface area contributed by atoms with Gasteiger partial charge < -0.3 is 9.64 Å². The molecule has 0 aliphatic carbocycles. The van der Waals surface area contributed by atoms with Crippen molar-refractivity contribution < 1.29 is 17.9 Å². The van der Waals surface area contributed by atoms with Crippen molar-refractivity contribution in [3.8, 4) is 5.88 Å². The van der Waals surface area contributed by atoms with Gasteiger partial charge in [0.2, 0.25) is 11.8 Å². The molecule has 0 spiro atoms. The lowest BCUT2D eigenvalue weighted by Crippen LogP contribution is -2.17. The third-order valence-corrected chi connectivity index (χ3v) is 4.43. The first-order valence-corrected chi connectivity index (χ1v) is 9.32. The number of benzene rings is 2. The summed E-state index contributed by atoms with van der Waals surface area (Å²) < 4.78 is 45.5. The number of alkyl halides is 3. The smallest absolute Gasteiger partial charge is 0.423 e. The maximum absolute atomic E-state index is 13.4. The molecule has 0 saturated heterocycles. The molecule has 2 aromatic carbocycles. The second-order valence-electron chi connectivity index (χ2n) is 6.64. The molecule has 0 unspecified atom stereocenters. The SMILES string of the molecule is CCCc1ccc(N(C)c2ncc(C(F)(F)F)c(OCc3ccccc3)n2)cc1. The van der Waals surface area contributed by atoms with Gasteiger partial charge in [0.05, 0.1) is 0 Å². The van der Waals surface area contributed by atoms with E-state index in [1.165, 1.54) is 5.56 Å². The van der Waals surface area contributed by atoms with Crippen LogP contribution in [0.4, 0.5) is 24.8 Å². The average Bonchev–Trinajstić information content (AvgIpc) is 2.72. The minimum absolute atomic E-state index is 0.0181. The molecule has 0 saturated carbocycles. The molecule has 3 rings (SSSR count). The van der Waals surface area contributed by atoms with Gasteiger partial charge in [0.1, 0.15) is 12.2 Å². The first-order chi connectivity index (χ1) is 13.9. The van der Waals surface area contributed by atoms with Gasteiger partial charge in [-0.15, -0.1) is 0 Å². The van der Waals surface area contributed by atoms with Crippen LogP contribution >= 0.6 is 0 Å². The van der Waals surface area contributed by atoms with Gasteiger partial charge in [-0.3, -0.25) is 0 Å². The van der Waals surface area contributed by atoms with Gasteiger partial charge >= 0.3 is 6.18 Å². The lowest BCUT2D eigenvalue weighted by atomic mass is 10.1. The lowest BCUT2D eigenvalue weighted by molar-refractivity contribution is -0.139. The molecule has 0 atom stereocenters.